The molecule has 2 aromatic carbocycles. The number of nitro groups is 1. The summed E-state index contributed by atoms with van der Waals surface area (Å²) in [6, 6.07) is 13.8. The Morgan fingerprint density at radius 3 is 2.44 bits per heavy atom. The second-order valence-electron chi connectivity index (χ2n) is 6.05. The van der Waals surface area contributed by atoms with Crippen molar-refractivity contribution in [3.05, 3.63) is 69.2 Å². The molecule has 0 radical (unpaired) electrons. The number of nitrogens with one attached hydrogen (secondary N) is 2. The number of nitrogens with zero attached hydrogens (tertiary/aromatic N) is 1. The summed E-state index contributed by atoms with van der Waals surface area (Å²) in [6.45, 7) is 0.799. The Morgan fingerprint density at radius 2 is 1.80 bits per heavy atom. The molecule has 0 heterocycles. The number of carbonyl (C=O) groups is 1. The molecule has 2 aromatic rings. The van der Waals surface area contributed by atoms with Crippen LogP contribution in [0.2, 0.25) is 5.02 Å². The van der Waals surface area contributed by atoms with Crippen LogP contribution in [-0.2, 0) is 10.2 Å². The largest absolute Gasteiger partial charge is 0.378 e. The number of benzene rings is 2. The molecule has 0 aliphatic heterocycles. The molecule has 0 unspecified atom stereocenters. The summed E-state index contributed by atoms with van der Waals surface area (Å²) in [5, 5.41) is 17.5. The van der Waals surface area contributed by atoms with Gasteiger partial charge in [0.1, 0.15) is 5.69 Å². The number of rotatable bonds is 7. The summed E-state index contributed by atoms with van der Waals surface area (Å²) in [6.07, 6.45) is 1.64. The first-order valence-corrected chi connectivity index (χ1v) is 8.42. The Balaban J connectivity index is 1.54. The van der Waals surface area contributed by atoms with Crippen molar-refractivity contribution >= 4 is 28.9 Å². The van der Waals surface area contributed by atoms with E-state index in [4.69, 9.17) is 11.6 Å². The van der Waals surface area contributed by atoms with Gasteiger partial charge in [0.25, 0.3) is 5.69 Å². The average molecular weight is 360 g/mol. The van der Waals surface area contributed by atoms with Gasteiger partial charge in [-0.05, 0) is 36.6 Å². The molecule has 1 fully saturated rings. The lowest BCUT2D eigenvalue weighted by atomic mass is 9.95. The molecule has 130 valence electrons. The maximum absolute atomic E-state index is 12.5. The first-order valence-electron chi connectivity index (χ1n) is 8.04. The predicted octanol–water partition coefficient (Wildman–Crippen LogP) is 3.51. The molecule has 25 heavy (non-hydrogen) atoms. The average Bonchev–Trinajstić information content (AvgIpc) is 3.41. The van der Waals surface area contributed by atoms with E-state index in [0.717, 1.165) is 18.4 Å². The van der Waals surface area contributed by atoms with E-state index in [0.29, 0.717) is 23.8 Å². The number of anilines is 1. The van der Waals surface area contributed by atoms with Crippen LogP contribution in [0.3, 0.4) is 0 Å². The molecule has 1 aliphatic rings. The smallest absolute Gasteiger partial charge is 0.292 e. The van der Waals surface area contributed by atoms with E-state index >= 15 is 0 Å². The van der Waals surface area contributed by atoms with Crippen molar-refractivity contribution in [2.24, 2.45) is 0 Å². The lowest BCUT2D eigenvalue weighted by Gasteiger charge is -2.16. The summed E-state index contributed by atoms with van der Waals surface area (Å²) in [5.74, 6) is -0.0146. The third kappa shape index (κ3) is 3.74. The minimum Gasteiger partial charge on any atom is -0.378 e. The molecule has 3 rings (SSSR count). The summed E-state index contributed by atoms with van der Waals surface area (Å²) in [4.78, 5) is 23.1. The Morgan fingerprint density at radius 1 is 1.12 bits per heavy atom. The van der Waals surface area contributed by atoms with E-state index in [1.807, 2.05) is 12.1 Å². The molecule has 0 bridgehead atoms. The number of amides is 1. The number of hydrogen-bond donors (Lipinski definition) is 2. The standard InChI is InChI=1S/C18H18ClN3O3/c19-14-7-5-13(6-8-14)18(9-10-18)17(23)21-12-11-20-15-3-1-2-4-16(15)22(24)25/h1-8,20H,9-12H2,(H,21,23). The zero-order valence-corrected chi connectivity index (χ0v) is 14.3. The molecule has 7 heteroatoms. The fourth-order valence-electron chi connectivity index (χ4n) is 2.87. The Hall–Kier alpha value is -2.60. The van der Waals surface area contributed by atoms with Gasteiger partial charge in [-0.1, -0.05) is 35.9 Å². The molecule has 0 aromatic heterocycles. The van der Waals surface area contributed by atoms with Gasteiger partial charge in [0, 0.05) is 24.2 Å². The molecule has 1 amide bonds. The van der Waals surface area contributed by atoms with E-state index in [1.54, 1.807) is 30.3 Å². The molecular formula is C18H18ClN3O3. The number of carbonyl (C=O) groups excluding carboxylic acids is 1. The number of para-hydroxylation sites is 2. The van der Waals surface area contributed by atoms with Gasteiger partial charge < -0.3 is 10.6 Å². The van der Waals surface area contributed by atoms with Gasteiger partial charge in [-0.15, -0.1) is 0 Å². The molecule has 1 saturated carbocycles. The fourth-order valence-corrected chi connectivity index (χ4v) is 2.99. The summed E-state index contributed by atoms with van der Waals surface area (Å²) in [7, 11) is 0. The first-order chi connectivity index (χ1) is 12.0. The van der Waals surface area contributed by atoms with Crippen molar-refractivity contribution in [1.29, 1.82) is 0 Å². The highest BCUT2D eigenvalue weighted by Crippen LogP contribution is 2.48. The molecule has 6 nitrogen and oxygen atoms in total. The molecule has 2 N–H and O–H groups in total. The van der Waals surface area contributed by atoms with Gasteiger partial charge in [-0.3, -0.25) is 14.9 Å². The topological polar surface area (TPSA) is 84.3 Å². The van der Waals surface area contributed by atoms with Crippen LogP contribution >= 0.6 is 11.6 Å². The van der Waals surface area contributed by atoms with Gasteiger partial charge in [-0.25, -0.2) is 0 Å². The highest BCUT2D eigenvalue weighted by atomic mass is 35.5. The van der Waals surface area contributed by atoms with E-state index in [-0.39, 0.29) is 11.6 Å². The van der Waals surface area contributed by atoms with E-state index < -0.39 is 10.3 Å². The second kappa shape index (κ2) is 7.11. The number of halogens is 1. The van der Waals surface area contributed by atoms with Crippen LogP contribution in [-0.4, -0.2) is 23.9 Å². The quantitative estimate of drug-likeness (QED) is 0.450. The van der Waals surface area contributed by atoms with E-state index in [2.05, 4.69) is 10.6 Å². The number of nitro benzene ring substituents is 1. The monoisotopic (exact) mass is 359 g/mol. The van der Waals surface area contributed by atoms with Gasteiger partial charge in [0.2, 0.25) is 5.91 Å². The molecule has 0 atom stereocenters. The molecule has 1 aliphatic carbocycles. The summed E-state index contributed by atoms with van der Waals surface area (Å²) in [5.41, 5.74) is 0.985. The zero-order chi connectivity index (χ0) is 17.9. The van der Waals surface area contributed by atoms with Gasteiger partial charge in [0.15, 0.2) is 0 Å². The third-order valence-corrected chi connectivity index (χ3v) is 4.66. The maximum atomic E-state index is 12.5. The van der Waals surface area contributed by atoms with Crippen LogP contribution in [0, 0.1) is 10.1 Å². The highest BCUT2D eigenvalue weighted by molar-refractivity contribution is 6.30. The number of hydrogen-bond acceptors (Lipinski definition) is 4. The van der Waals surface area contributed by atoms with Gasteiger partial charge in [-0.2, -0.15) is 0 Å². The molecule has 0 spiro atoms. The van der Waals surface area contributed by atoms with Crippen molar-refractivity contribution < 1.29 is 9.72 Å². The Kier molecular flexibility index (Phi) is 4.90. The highest BCUT2D eigenvalue weighted by Gasteiger charge is 2.50. The van der Waals surface area contributed by atoms with Crippen molar-refractivity contribution in [2.45, 2.75) is 18.3 Å². The normalized spacial score (nSPS) is 14.6. The predicted molar refractivity (Wildman–Crippen MR) is 97.0 cm³/mol. The van der Waals surface area contributed by atoms with E-state index in [9.17, 15) is 14.9 Å². The lowest BCUT2D eigenvalue weighted by Crippen LogP contribution is -2.37. The summed E-state index contributed by atoms with van der Waals surface area (Å²) >= 11 is 5.90. The Labute approximate surface area is 150 Å². The lowest BCUT2D eigenvalue weighted by molar-refractivity contribution is -0.384. The SMILES string of the molecule is O=C(NCCNc1ccccc1[N+](=O)[O-])C1(c2ccc(Cl)cc2)CC1. The fraction of sp³-hybridized carbons (Fsp3) is 0.278. The van der Waals surface area contributed by atoms with Crippen molar-refractivity contribution in [3.8, 4) is 0 Å². The van der Waals surface area contributed by atoms with Crippen LogP contribution in [0.4, 0.5) is 11.4 Å². The Bertz CT molecular complexity index is 788. The second-order valence-corrected chi connectivity index (χ2v) is 6.48. The minimum atomic E-state index is -0.455. The van der Waals surface area contributed by atoms with Gasteiger partial charge in [0.05, 0.1) is 10.3 Å². The van der Waals surface area contributed by atoms with Crippen LogP contribution in [0.25, 0.3) is 0 Å². The first kappa shape index (κ1) is 17.2. The van der Waals surface area contributed by atoms with Crippen LogP contribution < -0.4 is 10.6 Å². The molecular weight excluding hydrogens is 342 g/mol. The van der Waals surface area contributed by atoms with Crippen molar-refractivity contribution in [1.82, 2.24) is 5.32 Å². The summed E-state index contributed by atoms with van der Waals surface area (Å²) < 4.78 is 0. The third-order valence-electron chi connectivity index (χ3n) is 4.41. The van der Waals surface area contributed by atoms with Crippen LogP contribution in [0.5, 0.6) is 0 Å². The van der Waals surface area contributed by atoms with Crippen LogP contribution in [0.15, 0.2) is 48.5 Å². The molecule has 0 saturated heterocycles. The van der Waals surface area contributed by atoms with Crippen molar-refractivity contribution in [3.63, 3.8) is 0 Å². The van der Waals surface area contributed by atoms with Gasteiger partial charge >= 0.3 is 0 Å². The van der Waals surface area contributed by atoms with Crippen LogP contribution in [0.1, 0.15) is 18.4 Å². The van der Waals surface area contributed by atoms with Crippen molar-refractivity contribution in [2.75, 3.05) is 18.4 Å². The van der Waals surface area contributed by atoms with E-state index in [1.165, 1.54) is 6.07 Å². The zero-order valence-electron chi connectivity index (χ0n) is 13.5. The maximum Gasteiger partial charge on any atom is 0.292 e. The minimum absolute atomic E-state index is 0.0146.